The molecule has 0 saturated heterocycles. The maximum absolute atomic E-state index is 12.8. The monoisotopic (exact) mass is 431 g/mol. The van der Waals surface area contributed by atoms with Crippen LogP contribution in [0.15, 0.2) is 6.07 Å². The molecule has 0 aromatic carbocycles. The van der Waals surface area contributed by atoms with E-state index in [0.717, 1.165) is 43.4 Å². The summed E-state index contributed by atoms with van der Waals surface area (Å²) in [6.45, 7) is 4.58. The molecule has 1 fully saturated rings. The van der Waals surface area contributed by atoms with Crippen molar-refractivity contribution < 1.29 is 9.90 Å². The van der Waals surface area contributed by atoms with E-state index >= 15 is 0 Å². The maximum atomic E-state index is 12.8. The summed E-state index contributed by atoms with van der Waals surface area (Å²) in [7, 11) is 0. The van der Waals surface area contributed by atoms with Gasteiger partial charge in [0, 0.05) is 36.8 Å². The summed E-state index contributed by atoms with van der Waals surface area (Å²) in [5.41, 5.74) is 8.58. The van der Waals surface area contributed by atoms with Gasteiger partial charge in [-0.3, -0.25) is 4.79 Å². The smallest absolute Gasteiger partial charge is 0.256 e. The molecule has 1 heterocycles. The first kappa shape index (κ1) is 24.0. The zero-order chi connectivity index (χ0) is 22.2. The molecule has 0 aliphatic heterocycles. The first-order valence-electron chi connectivity index (χ1n) is 12.2. The van der Waals surface area contributed by atoms with Crippen molar-refractivity contribution in [1.82, 2.24) is 15.6 Å². The van der Waals surface area contributed by atoms with E-state index in [0.29, 0.717) is 24.0 Å². The van der Waals surface area contributed by atoms with E-state index in [1.807, 2.05) is 6.07 Å². The first-order valence-corrected chi connectivity index (χ1v) is 12.2. The average molecular weight is 432 g/mol. The van der Waals surface area contributed by atoms with Crippen molar-refractivity contribution in [2.75, 3.05) is 18.5 Å². The predicted molar refractivity (Wildman–Crippen MR) is 125 cm³/mol. The van der Waals surface area contributed by atoms with Gasteiger partial charge in [-0.15, -0.1) is 0 Å². The van der Waals surface area contributed by atoms with E-state index in [9.17, 15) is 9.90 Å². The number of aliphatic hydroxyl groups is 1. The molecule has 1 aromatic rings. The van der Waals surface area contributed by atoms with Crippen LogP contribution in [0.1, 0.15) is 86.8 Å². The van der Waals surface area contributed by atoms with Crippen LogP contribution in [0, 0.1) is 5.92 Å². The number of nitrogens with zero attached hydrogens (tertiary/aromatic N) is 1. The van der Waals surface area contributed by atoms with E-state index in [1.165, 1.54) is 32.1 Å². The highest BCUT2D eigenvalue weighted by Gasteiger charge is 2.25. The van der Waals surface area contributed by atoms with E-state index < -0.39 is 6.17 Å². The maximum Gasteiger partial charge on any atom is 0.256 e. The largest absolute Gasteiger partial charge is 0.396 e. The van der Waals surface area contributed by atoms with E-state index in [1.54, 1.807) is 6.92 Å². The number of carbonyl (C=O) groups excluding carboxylic acids is 1. The zero-order valence-electron chi connectivity index (χ0n) is 19.3. The fraction of sp³-hybridized carbons (Fsp3) is 0.750. The van der Waals surface area contributed by atoms with Gasteiger partial charge in [0.2, 0.25) is 0 Å². The van der Waals surface area contributed by atoms with Gasteiger partial charge < -0.3 is 26.8 Å². The van der Waals surface area contributed by atoms with Crippen LogP contribution < -0.4 is 21.7 Å². The lowest BCUT2D eigenvalue weighted by molar-refractivity contribution is 0.0941. The van der Waals surface area contributed by atoms with Gasteiger partial charge in [0.05, 0.1) is 11.7 Å². The van der Waals surface area contributed by atoms with Crippen LogP contribution in [-0.4, -0.2) is 47.4 Å². The number of rotatable bonds is 10. The number of aryl methyl sites for hydroxylation is 2. The normalized spacial score (nSPS) is 19.9. The van der Waals surface area contributed by atoms with Crippen LogP contribution in [0.3, 0.4) is 0 Å². The molecule has 1 amide bonds. The number of aromatic nitrogens is 1. The molecule has 0 bridgehead atoms. The van der Waals surface area contributed by atoms with Gasteiger partial charge in [-0.25, -0.2) is 4.98 Å². The lowest BCUT2D eigenvalue weighted by Crippen LogP contribution is -2.46. The number of pyridine rings is 1. The van der Waals surface area contributed by atoms with Gasteiger partial charge in [0.15, 0.2) is 0 Å². The van der Waals surface area contributed by atoms with Crippen LogP contribution >= 0.6 is 0 Å². The van der Waals surface area contributed by atoms with Crippen molar-refractivity contribution in [3.63, 3.8) is 0 Å². The summed E-state index contributed by atoms with van der Waals surface area (Å²) >= 11 is 0. The van der Waals surface area contributed by atoms with E-state index in [2.05, 4.69) is 22.9 Å². The van der Waals surface area contributed by atoms with Gasteiger partial charge >= 0.3 is 0 Å². The molecule has 174 valence electrons. The number of hydrogen-bond donors (Lipinski definition) is 5. The molecule has 3 unspecified atom stereocenters. The lowest BCUT2D eigenvalue weighted by Gasteiger charge is -2.32. The highest BCUT2D eigenvalue weighted by atomic mass is 16.3. The summed E-state index contributed by atoms with van der Waals surface area (Å²) in [4.78, 5) is 17.6. The summed E-state index contributed by atoms with van der Waals surface area (Å²) in [5, 5.41) is 20.1. The zero-order valence-corrected chi connectivity index (χ0v) is 19.3. The predicted octanol–water partition coefficient (Wildman–Crippen LogP) is 2.72. The summed E-state index contributed by atoms with van der Waals surface area (Å²) in [6, 6.07) is 2.76. The molecule has 7 nitrogen and oxygen atoms in total. The second-order valence-electron chi connectivity index (χ2n) is 9.30. The molecule has 1 saturated carbocycles. The second-order valence-corrected chi connectivity index (χ2v) is 9.30. The minimum Gasteiger partial charge on any atom is -0.396 e. The van der Waals surface area contributed by atoms with Gasteiger partial charge in [0.1, 0.15) is 5.82 Å². The summed E-state index contributed by atoms with van der Waals surface area (Å²) in [6.07, 6.45) is 11.0. The van der Waals surface area contributed by atoms with Crippen molar-refractivity contribution in [2.45, 2.75) is 96.3 Å². The minimum absolute atomic E-state index is 0.0501. The molecular weight excluding hydrogens is 390 g/mol. The molecule has 6 N–H and O–H groups in total. The topological polar surface area (TPSA) is 112 Å². The molecule has 2 aliphatic rings. The first-order chi connectivity index (χ1) is 15.0. The number of fused-ring (bicyclic) bond motifs is 1. The van der Waals surface area contributed by atoms with Crippen LogP contribution in [0.25, 0.3) is 0 Å². The van der Waals surface area contributed by atoms with E-state index in [4.69, 9.17) is 10.7 Å². The number of aliphatic hydroxyl groups excluding tert-OH is 1. The third-order valence-electron chi connectivity index (χ3n) is 6.73. The minimum atomic E-state index is -0.425. The highest BCUT2D eigenvalue weighted by molar-refractivity contribution is 5.99. The average Bonchev–Trinajstić information content (AvgIpc) is 2.78. The number of carbonyl (C=O) groups is 1. The van der Waals surface area contributed by atoms with Gasteiger partial charge in [-0.05, 0) is 63.5 Å². The van der Waals surface area contributed by atoms with Crippen molar-refractivity contribution >= 4 is 11.7 Å². The number of hydrogen-bond acceptors (Lipinski definition) is 6. The van der Waals surface area contributed by atoms with E-state index in [-0.39, 0.29) is 24.5 Å². The molecule has 2 aliphatic carbocycles. The molecular formula is C24H41N5O2. The Balaban J connectivity index is 1.73. The van der Waals surface area contributed by atoms with Crippen LogP contribution in [0.2, 0.25) is 0 Å². The third-order valence-corrected chi connectivity index (χ3v) is 6.73. The Bertz CT molecular complexity index is 718. The van der Waals surface area contributed by atoms with Crippen molar-refractivity contribution in [2.24, 2.45) is 11.7 Å². The fourth-order valence-corrected chi connectivity index (χ4v) is 4.95. The fourth-order valence-electron chi connectivity index (χ4n) is 4.95. The Morgan fingerprint density at radius 1 is 1.23 bits per heavy atom. The lowest BCUT2D eigenvalue weighted by atomic mass is 9.91. The highest BCUT2D eigenvalue weighted by Crippen LogP contribution is 2.26. The van der Waals surface area contributed by atoms with Crippen LogP contribution in [-0.2, 0) is 12.8 Å². The Morgan fingerprint density at radius 2 is 1.97 bits per heavy atom. The molecule has 1 aromatic heterocycles. The molecule has 0 radical (unpaired) electrons. The van der Waals surface area contributed by atoms with Gasteiger partial charge in [0.25, 0.3) is 5.91 Å². The Labute approximate surface area is 187 Å². The van der Waals surface area contributed by atoms with Gasteiger partial charge in [-0.1, -0.05) is 26.2 Å². The number of anilines is 1. The Morgan fingerprint density at radius 3 is 2.65 bits per heavy atom. The van der Waals surface area contributed by atoms with Crippen LogP contribution in [0.4, 0.5) is 5.82 Å². The number of amides is 1. The van der Waals surface area contributed by atoms with Crippen LogP contribution in [0.5, 0.6) is 0 Å². The Hall–Kier alpha value is -1.70. The molecule has 3 atom stereocenters. The molecule has 31 heavy (non-hydrogen) atoms. The standard InChI is InChI=1S/C24H41N5O2/c1-3-21(28-19-10-5-4-6-11-19)18(15-30)14-26-23-20(24(31)27-16(2)25)13-17-9-7-8-12-22(17)29-23/h13,16,18-19,21,28,30H,3-12,14-15,25H2,1-2H3,(H,26,29)(H,27,31). The molecule has 3 rings (SSSR count). The SMILES string of the molecule is CCC(NC1CCCCC1)C(CO)CNc1nc2c(cc1C(=O)NC(C)N)CCCC2. The summed E-state index contributed by atoms with van der Waals surface area (Å²) < 4.78 is 0. The quantitative estimate of drug-likeness (QED) is 0.364. The summed E-state index contributed by atoms with van der Waals surface area (Å²) in [5.74, 6) is 0.449. The van der Waals surface area contributed by atoms with Crippen molar-refractivity contribution in [3.8, 4) is 0 Å². The number of nitrogens with two attached hydrogens (primary N) is 1. The molecule has 0 spiro atoms. The number of nitrogens with one attached hydrogen (secondary N) is 3. The van der Waals surface area contributed by atoms with Crippen molar-refractivity contribution in [3.05, 3.63) is 22.9 Å². The molecule has 7 heteroatoms. The Kier molecular flexibility index (Phi) is 9.11. The third kappa shape index (κ3) is 6.64. The van der Waals surface area contributed by atoms with Crippen molar-refractivity contribution in [1.29, 1.82) is 0 Å². The second kappa shape index (κ2) is 11.8. The van der Waals surface area contributed by atoms with Gasteiger partial charge in [-0.2, -0.15) is 0 Å².